The van der Waals surface area contributed by atoms with E-state index in [0.29, 0.717) is 5.00 Å². The topological polar surface area (TPSA) is 75.6 Å². The van der Waals surface area contributed by atoms with E-state index in [1.54, 1.807) is 6.07 Å². The van der Waals surface area contributed by atoms with Gasteiger partial charge in [0.1, 0.15) is 11.6 Å². The summed E-state index contributed by atoms with van der Waals surface area (Å²) in [5.74, 6) is -1.12. The standard InChI is InChI=1S/C24H23NO4S/c1-24(2,3)20-12-18(22(26)27)21(30-20)25-23(28)29-13-19-16-10-6-4-8-14(16)15-9-5-7-11-17(15)19/h4-12,19H,13H2,1-3H3,(H,25,28)(H,26,27). The van der Waals surface area contributed by atoms with Crippen LogP contribution in [0.1, 0.15) is 53.1 Å². The zero-order valence-electron chi connectivity index (χ0n) is 17.1. The molecule has 4 rings (SSSR count). The molecule has 0 spiro atoms. The second-order valence-corrected chi connectivity index (χ2v) is 9.41. The molecule has 1 amide bonds. The maximum absolute atomic E-state index is 12.5. The first-order chi connectivity index (χ1) is 14.3. The minimum absolute atomic E-state index is 0.0458. The fraction of sp³-hybridized carbons (Fsp3) is 0.250. The maximum atomic E-state index is 12.5. The Hall–Kier alpha value is -3.12. The summed E-state index contributed by atoms with van der Waals surface area (Å²) in [6.45, 7) is 6.18. The third-order valence-electron chi connectivity index (χ3n) is 5.26. The quantitative estimate of drug-likeness (QED) is 0.533. The Bertz CT molecular complexity index is 1080. The Balaban J connectivity index is 1.51. The normalized spacial score (nSPS) is 12.9. The Kier molecular flexibility index (Phi) is 5.12. The van der Waals surface area contributed by atoms with Crippen LogP contribution in [0.4, 0.5) is 9.80 Å². The summed E-state index contributed by atoms with van der Waals surface area (Å²) in [6, 6.07) is 17.8. The molecule has 0 fully saturated rings. The van der Waals surface area contributed by atoms with Gasteiger partial charge in [-0.15, -0.1) is 11.3 Å². The molecule has 2 aromatic carbocycles. The lowest BCUT2D eigenvalue weighted by atomic mass is 9.94. The van der Waals surface area contributed by atoms with Crippen LogP contribution in [0, 0.1) is 0 Å². The number of hydrogen-bond donors (Lipinski definition) is 2. The van der Waals surface area contributed by atoms with Crippen LogP contribution >= 0.6 is 11.3 Å². The van der Waals surface area contributed by atoms with Crippen molar-refractivity contribution in [3.8, 4) is 11.1 Å². The highest BCUT2D eigenvalue weighted by Crippen LogP contribution is 2.44. The largest absolute Gasteiger partial charge is 0.478 e. The zero-order valence-corrected chi connectivity index (χ0v) is 17.9. The van der Waals surface area contributed by atoms with Crippen molar-refractivity contribution in [1.82, 2.24) is 0 Å². The Morgan fingerprint density at radius 1 is 1.03 bits per heavy atom. The number of hydrogen-bond acceptors (Lipinski definition) is 4. The van der Waals surface area contributed by atoms with E-state index < -0.39 is 12.1 Å². The summed E-state index contributed by atoms with van der Waals surface area (Å²) < 4.78 is 5.54. The number of carboxylic acid groups (broad SMARTS) is 1. The summed E-state index contributed by atoms with van der Waals surface area (Å²) >= 11 is 1.27. The minimum atomic E-state index is -1.07. The van der Waals surface area contributed by atoms with E-state index in [0.717, 1.165) is 27.1 Å². The molecule has 5 nitrogen and oxygen atoms in total. The van der Waals surface area contributed by atoms with Gasteiger partial charge in [0.2, 0.25) is 0 Å². The number of ether oxygens (including phenoxy) is 1. The molecule has 1 aliphatic carbocycles. The van der Waals surface area contributed by atoms with Gasteiger partial charge in [-0.3, -0.25) is 5.32 Å². The van der Waals surface area contributed by atoms with E-state index in [-0.39, 0.29) is 23.5 Å². The molecule has 2 N–H and O–H groups in total. The molecule has 1 aliphatic rings. The van der Waals surface area contributed by atoms with Crippen molar-refractivity contribution in [3.63, 3.8) is 0 Å². The molecule has 6 heteroatoms. The third kappa shape index (κ3) is 3.71. The monoisotopic (exact) mass is 421 g/mol. The Labute approximate surface area is 179 Å². The molecular weight excluding hydrogens is 398 g/mol. The van der Waals surface area contributed by atoms with Gasteiger partial charge >= 0.3 is 12.1 Å². The van der Waals surface area contributed by atoms with Crippen LogP contribution in [-0.4, -0.2) is 23.8 Å². The van der Waals surface area contributed by atoms with Gasteiger partial charge in [-0.2, -0.15) is 0 Å². The SMILES string of the molecule is CC(C)(C)c1cc(C(=O)O)c(NC(=O)OCC2c3ccccc3-c3ccccc32)s1. The van der Waals surface area contributed by atoms with E-state index >= 15 is 0 Å². The van der Waals surface area contributed by atoms with Crippen molar-refractivity contribution in [1.29, 1.82) is 0 Å². The molecule has 0 saturated heterocycles. The molecule has 0 radical (unpaired) electrons. The van der Waals surface area contributed by atoms with Gasteiger partial charge in [0.15, 0.2) is 0 Å². The average Bonchev–Trinajstić information content (AvgIpc) is 3.26. The number of nitrogens with one attached hydrogen (secondary N) is 1. The van der Waals surface area contributed by atoms with Gasteiger partial charge in [-0.05, 0) is 33.7 Å². The molecule has 0 bridgehead atoms. The molecule has 1 aromatic heterocycles. The van der Waals surface area contributed by atoms with Crippen LogP contribution in [0.15, 0.2) is 54.6 Å². The molecule has 0 aliphatic heterocycles. The van der Waals surface area contributed by atoms with E-state index in [2.05, 4.69) is 29.6 Å². The van der Waals surface area contributed by atoms with Gasteiger partial charge in [-0.25, -0.2) is 9.59 Å². The number of fused-ring (bicyclic) bond motifs is 3. The smallest absolute Gasteiger partial charge is 0.412 e. The van der Waals surface area contributed by atoms with E-state index in [1.165, 1.54) is 11.3 Å². The number of carbonyl (C=O) groups is 2. The van der Waals surface area contributed by atoms with E-state index in [9.17, 15) is 14.7 Å². The average molecular weight is 422 g/mol. The first-order valence-electron chi connectivity index (χ1n) is 9.75. The summed E-state index contributed by atoms with van der Waals surface area (Å²) in [5.41, 5.74) is 4.44. The Morgan fingerprint density at radius 2 is 1.60 bits per heavy atom. The minimum Gasteiger partial charge on any atom is -0.478 e. The maximum Gasteiger partial charge on any atom is 0.412 e. The number of aromatic carboxylic acids is 1. The lowest BCUT2D eigenvalue weighted by Gasteiger charge is -2.15. The number of carbonyl (C=O) groups excluding carboxylic acids is 1. The third-order valence-corrected chi connectivity index (χ3v) is 6.74. The molecule has 1 heterocycles. The predicted octanol–water partition coefficient (Wildman–Crippen LogP) is 6.10. The van der Waals surface area contributed by atoms with Crippen LogP contribution in [0.3, 0.4) is 0 Å². The van der Waals surface area contributed by atoms with Crippen LogP contribution < -0.4 is 5.32 Å². The van der Waals surface area contributed by atoms with Crippen molar-refractivity contribution in [2.75, 3.05) is 11.9 Å². The molecule has 30 heavy (non-hydrogen) atoms. The molecule has 3 aromatic rings. The van der Waals surface area contributed by atoms with Gasteiger partial charge < -0.3 is 9.84 Å². The summed E-state index contributed by atoms with van der Waals surface area (Å²) in [5, 5.41) is 12.4. The van der Waals surface area contributed by atoms with Gasteiger partial charge in [0, 0.05) is 10.8 Å². The summed E-state index contributed by atoms with van der Waals surface area (Å²) in [6.07, 6.45) is -0.651. The number of thiophene rings is 1. The molecule has 0 saturated carbocycles. The van der Waals surface area contributed by atoms with E-state index in [1.807, 2.05) is 45.0 Å². The Morgan fingerprint density at radius 3 is 2.13 bits per heavy atom. The van der Waals surface area contributed by atoms with Crippen LogP contribution in [0.25, 0.3) is 11.1 Å². The lowest BCUT2D eigenvalue weighted by molar-refractivity contribution is 0.0698. The molecule has 0 unspecified atom stereocenters. The van der Waals surface area contributed by atoms with Gasteiger partial charge in [0.25, 0.3) is 0 Å². The highest BCUT2D eigenvalue weighted by atomic mass is 32.1. The first-order valence-corrected chi connectivity index (χ1v) is 10.6. The lowest BCUT2D eigenvalue weighted by Crippen LogP contribution is -2.18. The van der Waals surface area contributed by atoms with Crippen LogP contribution in [0.5, 0.6) is 0 Å². The second-order valence-electron chi connectivity index (χ2n) is 8.36. The summed E-state index contributed by atoms with van der Waals surface area (Å²) in [4.78, 5) is 25.0. The number of carboxylic acids is 1. The van der Waals surface area contributed by atoms with Crippen molar-refractivity contribution in [2.45, 2.75) is 32.1 Å². The number of rotatable bonds is 4. The van der Waals surface area contributed by atoms with Gasteiger partial charge in [0.05, 0.1) is 5.56 Å². The van der Waals surface area contributed by atoms with Crippen molar-refractivity contribution < 1.29 is 19.4 Å². The van der Waals surface area contributed by atoms with Crippen LogP contribution in [-0.2, 0) is 10.2 Å². The van der Waals surface area contributed by atoms with Crippen molar-refractivity contribution in [3.05, 3.63) is 76.2 Å². The van der Waals surface area contributed by atoms with Crippen molar-refractivity contribution in [2.24, 2.45) is 0 Å². The molecule has 154 valence electrons. The number of anilines is 1. The highest BCUT2D eigenvalue weighted by molar-refractivity contribution is 7.16. The first kappa shape index (κ1) is 20.2. The predicted molar refractivity (Wildman–Crippen MR) is 119 cm³/mol. The van der Waals surface area contributed by atoms with Crippen LogP contribution in [0.2, 0.25) is 0 Å². The fourth-order valence-corrected chi connectivity index (χ4v) is 4.83. The second kappa shape index (κ2) is 7.61. The van der Waals surface area contributed by atoms with E-state index in [4.69, 9.17) is 4.74 Å². The fourth-order valence-electron chi connectivity index (χ4n) is 3.74. The zero-order chi connectivity index (χ0) is 21.5. The summed E-state index contributed by atoms with van der Waals surface area (Å²) in [7, 11) is 0. The number of benzene rings is 2. The molecular formula is C24H23NO4S. The van der Waals surface area contributed by atoms with Crippen molar-refractivity contribution >= 4 is 28.4 Å². The molecule has 0 atom stereocenters. The van der Waals surface area contributed by atoms with Gasteiger partial charge in [-0.1, -0.05) is 69.3 Å². The highest BCUT2D eigenvalue weighted by Gasteiger charge is 2.29. The number of amides is 1.